The highest BCUT2D eigenvalue weighted by Crippen LogP contribution is 2.27. The number of carboxylic acid groups (broad SMARTS) is 1. The number of halogens is 2. The molecular formula is C13H15F2NO4S. The highest BCUT2D eigenvalue weighted by molar-refractivity contribution is 7.93. The van der Waals surface area contributed by atoms with Gasteiger partial charge >= 0.3 is 5.97 Å². The van der Waals surface area contributed by atoms with Crippen LogP contribution in [0.1, 0.15) is 42.5 Å². The summed E-state index contributed by atoms with van der Waals surface area (Å²) in [4.78, 5) is 11.0. The summed E-state index contributed by atoms with van der Waals surface area (Å²) in [6.45, 7) is 0. The summed E-state index contributed by atoms with van der Waals surface area (Å²) < 4.78 is 52.8. The third-order valence-electron chi connectivity index (χ3n) is 3.53. The lowest BCUT2D eigenvalue weighted by atomic mass is 10.0. The van der Waals surface area contributed by atoms with Crippen LogP contribution in [0.5, 0.6) is 0 Å². The summed E-state index contributed by atoms with van der Waals surface area (Å²) in [6, 6.07) is 1.02. The third-order valence-corrected chi connectivity index (χ3v) is 5.39. The van der Waals surface area contributed by atoms with Crippen molar-refractivity contribution in [1.29, 1.82) is 0 Å². The van der Waals surface area contributed by atoms with Crippen molar-refractivity contribution < 1.29 is 27.1 Å². The van der Waals surface area contributed by atoms with E-state index in [0.29, 0.717) is 25.0 Å². The maximum absolute atomic E-state index is 13.2. The molecule has 0 atom stereocenters. The Bertz CT molecular complexity index is 654. The molecule has 0 amide bonds. The Morgan fingerprint density at radius 1 is 1.14 bits per heavy atom. The van der Waals surface area contributed by atoms with E-state index in [-0.39, 0.29) is 0 Å². The van der Waals surface area contributed by atoms with E-state index >= 15 is 0 Å². The summed E-state index contributed by atoms with van der Waals surface area (Å²) in [5.74, 6) is -4.18. The van der Waals surface area contributed by atoms with Crippen LogP contribution >= 0.6 is 0 Å². The summed E-state index contributed by atoms with van der Waals surface area (Å²) in [5, 5.41) is 8.33. The summed E-state index contributed by atoms with van der Waals surface area (Å²) in [5.41, 5.74) is -1.07. The van der Waals surface area contributed by atoms with Crippen LogP contribution < -0.4 is 4.72 Å². The molecule has 116 valence electrons. The standard InChI is InChI=1S/C13H15F2NO4S/c14-10-6-9(13(17)18)12(7-11(10)15)16-21(19,20)8-4-2-1-3-5-8/h6-8,16H,1-5H2,(H,17,18). The van der Waals surface area contributed by atoms with E-state index in [2.05, 4.69) is 4.72 Å². The van der Waals surface area contributed by atoms with Gasteiger partial charge in [0.15, 0.2) is 11.6 Å². The Labute approximate surface area is 121 Å². The number of carboxylic acids is 1. The quantitative estimate of drug-likeness (QED) is 0.894. The normalized spacial score (nSPS) is 16.7. The second-order valence-corrected chi connectivity index (χ2v) is 6.98. The van der Waals surface area contributed by atoms with Crippen LogP contribution in [0.2, 0.25) is 0 Å². The second kappa shape index (κ2) is 5.97. The molecule has 0 saturated heterocycles. The van der Waals surface area contributed by atoms with Gasteiger partial charge in [-0.25, -0.2) is 22.0 Å². The van der Waals surface area contributed by atoms with Crippen molar-refractivity contribution in [3.8, 4) is 0 Å². The zero-order chi connectivity index (χ0) is 15.6. The molecule has 1 saturated carbocycles. The van der Waals surface area contributed by atoms with Crippen LogP contribution in [0.15, 0.2) is 12.1 Å². The summed E-state index contributed by atoms with van der Waals surface area (Å²) in [7, 11) is -3.82. The minimum Gasteiger partial charge on any atom is -0.478 e. The first-order valence-electron chi connectivity index (χ1n) is 6.55. The number of benzene rings is 1. The molecule has 0 aliphatic heterocycles. The van der Waals surface area contributed by atoms with E-state index in [4.69, 9.17) is 5.11 Å². The van der Waals surface area contributed by atoms with Crippen molar-refractivity contribution in [2.24, 2.45) is 0 Å². The molecule has 0 bridgehead atoms. The van der Waals surface area contributed by atoms with Gasteiger partial charge in [0.2, 0.25) is 10.0 Å². The number of rotatable bonds is 4. The number of aromatic carboxylic acids is 1. The van der Waals surface area contributed by atoms with Gasteiger partial charge in [0.05, 0.1) is 16.5 Å². The topological polar surface area (TPSA) is 83.5 Å². The largest absolute Gasteiger partial charge is 0.478 e. The Morgan fingerprint density at radius 3 is 2.29 bits per heavy atom. The van der Waals surface area contributed by atoms with E-state index in [1.165, 1.54) is 0 Å². The summed E-state index contributed by atoms with van der Waals surface area (Å²) >= 11 is 0. The SMILES string of the molecule is O=C(O)c1cc(F)c(F)cc1NS(=O)(=O)C1CCCCC1. The van der Waals surface area contributed by atoms with Crippen LogP contribution in [-0.2, 0) is 10.0 Å². The average molecular weight is 319 g/mol. The monoisotopic (exact) mass is 319 g/mol. The minimum absolute atomic E-state index is 0.452. The fourth-order valence-corrected chi connectivity index (χ4v) is 4.02. The highest BCUT2D eigenvalue weighted by Gasteiger charge is 2.29. The van der Waals surface area contributed by atoms with Gasteiger partial charge in [-0.3, -0.25) is 4.72 Å². The lowest BCUT2D eigenvalue weighted by Gasteiger charge is -2.23. The average Bonchev–Trinajstić information content (AvgIpc) is 2.43. The first-order valence-corrected chi connectivity index (χ1v) is 8.10. The molecule has 0 aromatic heterocycles. The predicted molar refractivity (Wildman–Crippen MR) is 72.7 cm³/mol. The van der Waals surface area contributed by atoms with Crippen LogP contribution in [0.4, 0.5) is 14.5 Å². The van der Waals surface area contributed by atoms with E-state index < -0.39 is 44.1 Å². The Balaban J connectivity index is 2.33. The molecule has 2 N–H and O–H groups in total. The van der Waals surface area contributed by atoms with Gasteiger partial charge in [-0.05, 0) is 18.9 Å². The summed E-state index contributed by atoms with van der Waals surface area (Å²) in [6.07, 6.45) is 3.45. The molecule has 0 spiro atoms. The maximum atomic E-state index is 13.2. The second-order valence-electron chi connectivity index (χ2n) is 5.02. The Kier molecular flexibility index (Phi) is 4.46. The molecule has 1 aromatic rings. The minimum atomic E-state index is -3.82. The Morgan fingerprint density at radius 2 is 1.71 bits per heavy atom. The molecule has 0 unspecified atom stereocenters. The van der Waals surface area contributed by atoms with Crippen molar-refractivity contribution in [2.45, 2.75) is 37.4 Å². The van der Waals surface area contributed by atoms with E-state index in [9.17, 15) is 22.0 Å². The fourth-order valence-electron chi connectivity index (χ4n) is 2.42. The smallest absolute Gasteiger partial charge is 0.337 e. The molecule has 21 heavy (non-hydrogen) atoms. The van der Waals surface area contributed by atoms with Gasteiger partial charge in [-0.15, -0.1) is 0 Å². The number of hydrogen-bond acceptors (Lipinski definition) is 3. The van der Waals surface area contributed by atoms with E-state index in [1.807, 2.05) is 0 Å². The van der Waals surface area contributed by atoms with Crippen molar-refractivity contribution in [1.82, 2.24) is 0 Å². The zero-order valence-electron chi connectivity index (χ0n) is 11.1. The molecule has 1 aliphatic rings. The highest BCUT2D eigenvalue weighted by atomic mass is 32.2. The molecule has 1 aromatic carbocycles. The molecule has 1 fully saturated rings. The van der Waals surface area contributed by atoms with Crippen LogP contribution in [0.25, 0.3) is 0 Å². The van der Waals surface area contributed by atoms with Gasteiger partial charge in [-0.2, -0.15) is 0 Å². The molecule has 5 nitrogen and oxygen atoms in total. The first-order chi connectivity index (χ1) is 9.81. The van der Waals surface area contributed by atoms with E-state index in [0.717, 1.165) is 19.3 Å². The van der Waals surface area contributed by atoms with Crippen molar-refractivity contribution in [3.63, 3.8) is 0 Å². The number of hydrogen-bond donors (Lipinski definition) is 2. The number of carbonyl (C=O) groups is 1. The fraction of sp³-hybridized carbons (Fsp3) is 0.462. The van der Waals surface area contributed by atoms with Gasteiger partial charge in [0.1, 0.15) is 0 Å². The zero-order valence-corrected chi connectivity index (χ0v) is 11.9. The molecule has 0 heterocycles. The number of nitrogens with one attached hydrogen (secondary N) is 1. The van der Waals surface area contributed by atoms with Gasteiger partial charge in [0.25, 0.3) is 0 Å². The van der Waals surface area contributed by atoms with Gasteiger partial charge in [-0.1, -0.05) is 19.3 Å². The van der Waals surface area contributed by atoms with Crippen molar-refractivity contribution in [2.75, 3.05) is 4.72 Å². The molecule has 0 radical (unpaired) electrons. The molecule has 8 heteroatoms. The van der Waals surface area contributed by atoms with Crippen LogP contribution in [0.3, 0.4) is 0 Å². The number of anilines is 1. The van der Waals surface area contributed by atoms with Gasteiger partial charge < -0.3 is 5.11 Å². The van der Waals surface area contributed by atoms with Crippen molar-refractivity contribution in [3.05, 3.63) is 29.3 Å². The molecular weight excluding hydrogens is 304 g/mol. The molecule has 2 rings (SSSR count). The predicted octanol–water partition coefficient (Wildman–Crippen LogP) is 2.74. The lowest BCUT2D eigenvalue weighted by molar-refractivity contribution is 0.0697. The lowest BCUT2D eigenvalue weighted by Crippen LogP contribution is -2.30. The Hall–Kier alpha value is -1.70. The van der Waals surface area contributed by atoms with Crippen LogP contribution in [0, 0.1) is 11.6 Å². The molecule has 1 aliphatic carbocycles. The van der Waals surface area contributed by atoms with E-state index in [1.54, 1.807) is 0 Å². The van der Waals surface area contributed by atoms with Crippen molar-refractivity contribution >= 4 is 21.7 Å². The third kappa shape index (κ3) is 3.49. The van der Waals surface area contributed by atoms with Gasteiger partial charge in [0, 0.05) is 6.07 Å². The van der Waals surface area contributed by atoms with Crippen LogP contribution in [-0.4, -0.2) is 24.7 Å². The number of sulfonamides is 1. The first kappa shape index (κ1) is 15.7. The maximum Gasteiger partial charge on any atom is 0.337 e.